The maximum Gasteiger partial charge on any atom is 0.333 e. The number of carbonyl (C=O) groups excluding carboxylic acids is 1. The summed E-state index contributed by atoms with van der Waals surface area (Å²) < 4.78 is 5.25. The molecule has 19 heavy (non-hydrogen) atoms. The summed E-state index contributed by atoms with van der Waals surface area (Å²) in [7, 11) is -1.16. The van der Waals surface area contributed by atoms with E-state index in [9.17, 15) is 9.90 Å². The van der Waals surface area contributed by atoms with Crippen LogP contribution in [0.15, 0.2) is 29.8 Å². The summed E-state index contributed by atoms with van der Waals surface area (Å²) >= 11 is 0. The molecule has 1 N–H and O–H groups in total. The lowest BCUT2D eigenvalue weighted by Gasteiger charge is -2.15. The number of esters is 1. The third-order valence-electron chi connectivity index (χ3n) is 2.68. The molecule has 3 nitrogen and oxygen atoms in total. The molecular weight excluding hydrogens is 256 g/mol. The van der Waals surface area contributed by atoms with E-state index in [1.54, 1.807) is 37.3 Å². The van der Waals surface area contributed by atoms with Crippen molar-refractivity contribution in [1.29, 1.82) is 0 Å². The van der Waals surface area contributed by atoms with E-state index < -0.39 is 8.07 Å². The van der Waals surface area contributed by atoms with Gasteiger partial charge in [0.15, 0.2) is 0 Å². The Bertz CT molecular complexity index is 455. The van der Waals surface area contributed by atoms with Gasteiger partial charge >= 0.3 is 5.97 Å². The maximum absolute atomic E-state index is 11.8. The first-order chi connectivity index (χ1) is 8.78. The summed E-state index contributed by atoms with van der Waals surface area (Å²) in [5.41, 5.74) is 1.44. The van der Waals surface area contributed by atoms with Gasteiger partial charge in [0.25, 0.3) is 0 Å². The molecule has 0 aliphatic rings. The van der Waals surface area contributed by atoms with Crippen molar-refractivity contribution in [3.05, 3.63) is 35.4 Å². The first-order valence-electron chi connectivity index (χ1n) is 6.42. The van der Waals surface area contributed by atoms with Gasteiger partial charge < -0.3 is 9.84 Å². The molecule has 4 heteroatoms. The summed E-state index contributed by atoms with van der Waals surface area (Å²) in [6, 6.07) is 7.68. The van der Waals surface area contributed by atoms with Gasteiger partial charge in [-0.1, -0.05) is 31.8 Å². The van der Waals surface area contributed by atoms with Gasteiger partial charge in [0.2, 0.25) is 0 Å². The quantitative estimate of drug-likeness (QED) is 0.508. The first kappa shape index (κ1) is 15.5. The van der Waals surface area contributed by atoms with E-state index >= 15 is 0 Å². The zero-order chi connectivity index (χ0) is 14.5. The summed E-state index contributed by atoms with van der Waals surface area (Å²) in [6.07, 6.45) is 1.76. The second-order valence-electron chi connectivity index (χ2n) is 5.87. The molecule has 0 aliphatic heterocycles. The summed E-state index contributed by atoms with van der Waals surface area (Å²) in [5.74, 6) is -0.0566. The molecule has 0 spiro atoms. The largest absolute Gasteiger partial charge is 0.508 e. The van der Waals surface area contributed by atoms with Crippen LogP contribution in [-0.4, -0.2) is 25.8 Å². The summed E-state index contributed by atoms with van der Waals surface area (Å²) in [6.45, 7) is 8.99. The Hall–Kier alpha value is -1.55. The van der Waals surface area contributed by atoms with E-state index in [2.05, 4.69) is 19.6 Å². The SMILES string of the molecule is C/C(=C\c1ccc(O)cc1)C(=O)OCC[Si](C)(C)C. The Balaban J connectivity index is 2.54. The molecule has 0 fully saturated rings. The molecule has 0 radical (unpaired) electrons. The van der Waals surface area contributed by atoms with Crippen LogP contribution in [0.5, 0.6) is 5.75 Å². The van der Waals surface area contributed by atoms with E-state index in [4.69, 9.17) is 4.74 Å². The van der Waals surface area contributed by atoms with Gasteiger partial charge in [-0.05, 0) is 36.7 Å². The molecule has 0 atom stereocenters. The van der Waals surface area contributed by atoms with Crippen LogP contribution in [0.25, 0.3) is 6.08 Å². The third kappa shape index (κ3) is 6.24. The Morgan fingerprint density at radius 2 is 1.84 bits per heavy atom. The molecule has 0 saturated carbocycles. The Labute approximate surface area is 115 Å². The highest BCUT2D eigenvalue weighted by Crippen LogP contribution is 2.14. The van der Waals surface area contributed by atoms with Gasteiger partial charge in [0.1, 0.15) is 5.75 Å². The highest BCUT2D eigenvalue weighted by atomic mass is 28.3. The van der Waals surface area contributed by atoms with Crippen molar-refractivity contribution in [2.45, 2.75) is 32.6 Å². The molecule has 1 aromatic rings. The lowest BCUT2D eigenvalue weighted by Crippen LogP contribution is -2.22. The molecule has 0 bridgehead atoms. The van der Waals surface area contributed by atoms with E-state index in [0.717, 1.165) is 11.6 Å². The van der Waals surface area contributed by atoms with Crippen molar-refractivity contribution in [1.82, 2.24) is 0 Å². The van der Waals surface area contributed by atoms with Crippen molar-refractivity contribution in [3.63, 3.8) is 0 Å². The van der Waals surface area contributed by atoms with E-state index in [0.29, 0.717) is 12.2 Å². The highest BCUT2D eigenvalue weighted by molar-refractivity contribution is 6.76. The predicted octanol–water partition coefficient (Wildman–Crippen LogP) is 3.68. The number of hydrogen-bond acceptors (Lipinski definition) is 3. The molecule has 0 amide bonds. The van der Waals surface area contributed by atoms with E-state index in [-0.39, 0.29) is 11.7 Å². The van der Waals surface area contributed by atoms with Crippen LogP contribution < -0.4 is 0 Å². The topological polar surface area (TPSA) is 46.5 Å². The number of hydrogen-bond donors (Lipinski definition) is 1. The van der Waals surface area contributed by atoms with Crippen LogP contribution in [0.1, 0.15) is 12.5 Å². The number of phenolic OH excluding ortho intramolecular Hbond substituents is 1. The zero-order valence-corrected chi connectivity index (χ0v) is 13.1. The number of phenols is 1. The fourth-order valence-electron chi connectivity index (χ4n) is 1.44. The molecule has 0 aromatic heterocycles. The van der Waals surface area contributed by atoms with E-state index in [1.807, 2.05) is 0 Å². The van der Waals surface area contributed by atoms with Crippen LogP contribution in [0.3, 0.4) is 0 Å². The van der Waals surface area contributed by atoms with Gasteiger partial charge in [-0.3, -0.25) is 0 Å². The minimum atomic E-state index is -1.16. The Morgan fingerprint density at radius 3 is 2.37 bits per heavy atom. The predicted molar refractivity (Wildman–Crippen MR) is 80.9 cm³/mol. The van der Waals surface area contributed by atoms with Crippen LogP contribution in [0, 0.1) is 0 Å². The Morgan fingerprint density at radius 1 is 1.26 bits per heavy atom. The molecule has 1 rings (SSSR count). The van der Waals surface area contributed by atoms with Gasteiger partial charge in [-0.2, -0.15) is 0 Å². The third-order valence-corrected chi connectivity index (χ3v) is 4.39. The normalized spacial score (nSPS) is 12.3. The van der Waals surface area contributed by atoms with Crippen molar-refractivity contribution in [2.75, 3.05) is 6.61 Å². The number of carbonyl (C=O) groups is 1. The van der Waals surface area contributed by atoms with Crippen LogP contribution in [0.4, 0.5) is 0 Å². The van der Waals surface area contributed by atoms with Crippen molar-refractivity contribution < 1.29 is 14.6 Å². The average Bonchev–Trinajstić information content (AvgIpc) is 2.30. The maximum atomic E-state index is 11.8. The molecule has 104 valence electrons. The molecule has 1 aromatic carbocycles. The lowest BCUT2D eigenvalue weighted by atomic mass is 10.1. The van der Waals surface area contributed by atoms with Crippen molar-refractivity contribution in [2.24, 2.45) is 0 Å². The van der Waals surface area contributed by atoms with Crippen LogP contribution >= 0.6 is 0 Å². The minimum Gasteiger partial charge on any atom is -0.508 e. The monoisotopic (exact) mass is 278 g/mol. The highest BCUT2D eigenvalue weighted by Gasteiger charge is 2.14. The van der Waals surface area contributed by atoms with Crippen LogP contribution in [-0.2, 0) is 9.53 Å². The number of benzene rings is 1. The summed E-state index contributed by atoms with van der Waals surface area (Å²) in [5, 5.41) is 9.18. The van der Waals surface area contributed by atoms with Gasteiger partial charge in [-0.25, -0.2) is 4.79 Å². The molecular formula is C15H22O3Si. The van der Waals surface area contributed by atoms with Gasteiger partial charge in [-0.15, -0.1) is 0 Å². The zero-order valence-electron chi connectivity index (χ0n) is 12.1. The number of rotatable bonds is 5. The van der Waals surface area contributed by atoms with Gasteiger partial charge in [0.05, 0.1) is 6.61 Å². The number of aromatic hydroxyl groups is 1. The smallest absolute Gasteiger partial charge is 0.333 e. The number of ether oxygens (including phenoxy) is 1. The fraction of sp³-hybridized carbons (Fsp3) is 0.400. The first-order valence-corrected chi connectivity index (χ1v) is 10.1. The standard InChI is InChI=1S/C15H22O3Si/c1-12(11-13-5-7-14(16)8-6-13)15(17)18-9-10-19(2,3)4/h5-8,11,16H,9-10H2,1-4H3/b12-11+. The molecule has 0 aliphatic carbocycles. The van der Waals surface area contributed by atoms with Crippen molar-refractivity contribution >= 4 is 20.1 Å². The molecule has 0 saturated heterocycles. The lowest BCUT2D eigenvalue weighted by molar-refractivity contribution is -0.138. The van der Waals surface area contributed by atoms with Crippen molar-refractivity contribution in [3.8, 4) is 5.75 Å². The molecule has 0 heterocycles. The fourth-order valence-corrected chi connectivity index (χ4v) is 2.16. The average molecular weight is 278 g/mol. The van der Waals surface area contributed by atoms with E-state index in [1.165, 1.54) is 0 Å². The minimum absolute atomic E-state index is 0.215. The summed E-state index contributed by atoms with van der Waals surface area (Å²) in [4.78, 5) is 11.8. The second-order valence-corrected chi connectivity index (χ2v) is 11.5. The van der Waals surface area contributed by atoms with Crippen LogP contribution in [0.2, 0.25) is 25.7 Å². The second kappa shape index (κ2) is 6.57. The molecule has 0 unspecified atom stereocenters. The van der Waals surface area contributed by atoms with Gasteiger partial charge in [0, 0.05) is 13.6 Å². The Kier molecular flexibility index (Phi) is 5.36.